The Labute approximate surface area is 149 Å². The summed E-state index contributed by atoms with van der Waals surface area (Å²) in [5, 5.41) is 2.85. The van der Waals surface area contributed by atoms with Crippen LogP contribution in [0.25, 0.3) is 0 Å². The highest BCUT2D eigenvalue weighted by atomic mass is 16.5. The molecule has 1 aliphatic rings. The van der Waals surface area contributed by atoms with E-state index in [1.807, 2.05) is 32.2 Å². The van der Waals surface area contributed by atoms with Crippen LogP contribution in [0.15, 0.2) is 24.4 Å². The Kier molecular flexibility index (Phi) is 7.18. The van der Waals surface area contributed by atoms with Crippen molar-refractivity contribution in [3.8, 4) is 0 Å². The minimum absolute atomic E-state index is 0.0527. The van der Waals surface area contributed by atoms with Crippen LogP contribution in [0.4, 0.5) is 5.82 Å². The van der Waals surface area contributed by atoms with E-state index in [1.54, 1.807) is 0 Å². The number of hydrogen-bond donors (Lipinski definition) is 2. The molecule has 2 atom stereocenters. The molecule has 0 unspecified atom stereocenters. The largest absolute Gasteiger partial charge is 0.467 e. The van der Waals surface area contributed by atoms with E-state index in [2.05, 4.69) is 21.3 Å². The molecule has 138 valence electrons. The topological polar surface area (TPSA) is 77.2 Å². The maximum absolute atomic E-state index is 12.4. The van der Waals surface area contributed by atoms with E-state index in [4.69, 9.17) is 4.74 Å². The number of methoxy groups -OCH3 is 1. The summed E-state index contributed by atoms with van der Waals surface area (Å²) in [4.78, 5) is 31.0. The second-order valence-electron chi connectivity index (χ2n) is 6.62. The van der Waals surface area contributed by atoms with Crippen molar-refractivity contribution in [1.82, 2.24) is 5.32 Å². The number of anilines is 1. The zero-order valence-electron chi connectivity index (χ0n) is 15.4. The summed E-state index contributed by atoms with van der Waals surface area (Å²) < 4.78 is 4.82. The molecule has 0 radical (unpaired) electrons. The predicted molar refractivity (Wildman–Crippen MR) is 94.2 cm³/mol. The van der Waals surface area contributed by atoms with Gasteiger partial charge in [0.1, 0.15) is 32.2 Å². The molecule has 2 heterocycles. The molecule has 0 saturated carbocycles. The van der Waals surface area contributed by atoms with Crippen molar-refractivity contribution in [3.05, 3.63) is 24.4 Å². The Morgan fingerprint density at radius 2 is 2.08 bits per heavy atom. The van der Waals surface area contributed by atoms with Crippen molar-refractivity contribution >= 4 is 17.7 Å². The van der Waals surface area contributed by atoms with Gasteiger partial charge in [0.15, 0.2) is 6.54 Å². The molecule has 25 heavy (non-hydrogen) atoms. The number of nitrogens with one attached hydrogen (secondary N) is 3. The number of piperazine rings is 1. The van der Waals surface area contributed by atoms with E-state index in [9.17, 15) is 9.59 Å². The number of H-pyrrole nitrogens is 1. The molecule has 0 spiro atoms. The molecular formula is C18H30N4O3+2. The van der Waals surface area contributed by atoms with Crippen LogP contribution >= 0.6 is 0 Å². The number of carbonyl (C=O) groups excluding carboxylic acids is 2. The average Bonchev–Trinajstić information content (AvgIpc) is 2.66. The van der Waals surface area contributed by atoms with Crippen LogP contribution in [0.2, 0.25) is 0 Å². The zero-order valence-corrected chi connectivity index (χ0v) is 15.4. The highest BCUT2D eigenvalue weighted by molar-refractivity contribution is 5.85. The van der Waals surface area contributed by atoms with E-state index in [1.165, 1.54) is 12.0 Å². The minimum atomic E-state index is -0.567. The Morgan fingerprint density at radius 1 is 1.36 bits per heavy atom. The van der Waals surface area contributed by atoms with E-state index < -0.39 is 6.04 Å². The number of aromatic nitrogens is 1. The van der Waals surface area contributed by atoms with Crippen LogP contribution in [-0.2, 0) is 14.3 Å². The first-order valence-electron chi connectivity index (χ1n) is 8.97. The van der Waals surface area contributed by atoms with Gasteiger partial charge in [-0.25, -0.2) is 9.78 Å². The van der Waals surface area contributed by atoms with Gasteiger partial charge in [-0.1, -0.05) is 26.3 Å². The van der Waals surface area contributed by atoms with Crippen LogP contribution in [0.1, 0.15) is 20.3 Å². The van der Waals surface area contributed by atoms with Gasteiger partial charge >= 0.3 is 5.97 Å². The van der Waals surface area contributed by atoms with Crippen LogP contribution in [0, 0.1) is 5.92 Å². The third-order valence-corrected chi connectivity index (χ3v) is 4.90. The minimum Gasteiger partial charge on any atom is -0.467 e. The number of aromatic amines is 1. The summed E-state index contributed by atoms with van der Waals surface area (Å²) >= 11 is 0. The van der Waals surface area contributed by atoms with Gasteiger partial charge < -0.3 is 15.0 Å². The highest BCUT2D eigenvalue weighted by Crippen LogP contribution is 2.09. The van der Waals surface area contributed by atoms with Crippen LogP contribution in [-0.4, -0.2) is 57.8 Å². The standard InChI is InChI=1S/C18H28N4O3/c1-4-14(2)17(18(24)25-3)20-16(23)13-21-9-11-22(12-10-21)15-7-5-6-8-19-15/h5-8,14,17H,4,9-13H2,1-3H3,(H,20,23)/p+2/t14-,17+/m0/s1. The SMILES string of the molecule is CC[C@H](C)[C@@H](NC(=O)C[NH+]1CCN(c2cccc[nH+]2)CC1)C(=O)OC. The Morgan fingerprint density at radius 3 is 2.64 bits per heavy atom. The number of rotatable bonds is 7. The molecule has 0 bridgehead atoms. The van der Waals surface area contributed by atoms with Crippen molar-refractivity contribution in [3.63, 3.8) is 0 Å². The fourth-order valence-electron chi connectivity index (χ4n) is 3.07. The molecule has 3 N–H and O–H groups in total. The van der Waals surface area contributed by atoms with Gasteiger partial charge in [0, 0.05) is 6.07 Å². The lowest BCUT2D eigenvalue weighted by Gasteiger charge is -2.28. The number of ether oxygens (including phenoxy) is 1. The second kappa shape index (κ2) is 9.36. The Bertz CT molecular complexity index is 559. The van der Waals surface area contributed by atoms with E-state index >= 15 is 0 Å². The Hall–Kier alpha value is -2.15. The first-order chi connectivity index (χ1) is 12.0. The van der Waals surface area contributed by atoms with Crippen molar-refractivity contribution < 1.29 is 24.2 Å². The molecule has 1 aliphatic heterocycles. The monoisotopic (exact) mass is 350 g/mol. The maximum Gasteiger partial charge on any atom is 0.328 e. The van der Waals surface area contributed by atoms with Gasteiger partial charge in [-0.05, 0) is 12.0 Å². The van der Waals surface area contributed by atoms with Crippen LogP contribution < -0.4 is 20.1 Å². The molecular weight excluding hydrogens is 320 g/mol. The summed E-state index contributed by atoms with van der Waals surface area (Å²) in [6.07, 6.45) is 2.73. The number of carbonyl (C=O) groups is 2. The Balaban J connectivity index is 1.82. The summed E-state index contributed by atoms with van der Waals surface area (Å²) in [6.45, 7) is 7.91. The van der Waals surface area contributed by atoms with Crippen molar-refractivity contribution in [2.24, 2.45) is 5.92 Å². The first kappa shape index (κ1) is 19.2. The van der Waals surface area contributed by atoms with E-state index in [0.29, 0.717) is 6.54 Å². The summed E-state index contributed by atoms with van der Waals surface area (Å²) in [6, 6.07) is 5.47. The second-order valence-corrected chi connectivity index (χ2v) is 6.62. The predicted octanol–water partition coefficient (Wildman–Crippen LogP) is -1.09. The lowest BCUT2D eigenvalue weighted by Crippen LogP contribution is -3.16. The smallest absolute Gasteiger partial charge is 0.328 e. The molecule has 7 heteroatoms. The number of esters is 1. The van der Waals surface area contributed by atoms with Gasteiger partial charge in [0.25, 0.3) is 11.7 Å². The summed E-state index contributed by atoms with van der Waals surface area (Å²) in [7, 11) is 1.36. The van der Waals surface area contributed by atoms with Crippen molar-refractivity contribution in [2.75, 3.05) is 44.7 Å². The number of pyridine rings is 1. The molecule has 7 nitrogen and oxygen atoms in total. The summed E-state index contributed by atoms with van der Waals surface area (Å²) in [5.41, 5.74) is 0. The quantitative estimate of drug-likeness (QED) is 0.613. The van der Waals surface area contributed by atoms with Crippen LogP contribution in [0.3, 0.4) is 0 Å². The molecule has 1 amide bonds. The number of quaternary nitrogens is 1. The van der Waals surface area contributed by atoms with Crippen molar-refractivity contribution in [1.29, 1.82) is 0 Å². The molecule has 1 saturated heterocycles. The molecule has 2 rings (SSSR count). The molecule has 0 aliphatic carbocycles. The third kappa shape index (κ3) is 5.42. The van der Waals surface area contributed by atoms with Gasteiger partial charge in [0.05, 0.1) is 13.3 Å². The number of hydrogen-bond acceptors (Lipinski definition) is 4. The lowest BCUT2D eigenvalue weighted by atomic mass is 9.99. The maximum atomic E-state index is 12.4. The van der Waals surface area contributed by atoms with Gasteiger partial charge in [0.2, 0.25) is 0 Å². The van der Waals surface area contributed by atoms with Crippen LogP contribution in [0.5, 0.6) is 0 Å². The van der Waals surface area contributed by atoms with Gasteiger partial charge in [-0.2, -0.15) is 0 Å². The zero-order chi connectivity index (χ0) is 18.2. The average molecular weight is 350 g/mol. The number of nitrogens with zero attached hydrogens (tertiary/aromatic N) is 1. The lowest BCUT2D eigenvalue weighted by molar-refractivity contribution is -0.892. The summed E-state index contributed by atoms with van der Waals surface area (Å²) in [5.74, 6) is 0.693. The normalized spacial score (nSPS) is 17.6. The third-order valence-electron chi connectivity index (χ3n) is 4.90. The van der Waals surface area contributed by atoms with Gasteiger partial charge in [-0.3, -0.25) is 9.69 Å². The molecule has 1 aromatic rings. The van der Waals surface area contributed by atoms with Crippen molar-refractivity contribution in [2.45, 2.75) is 26.3 Å². The molecule has 0 aromatic carbocycles. The van der Waals surface area contributed by atoms with Gasteiger partial charge in [-0.15, -0.1) is 0 Å². The van der Waals surface area contributed by atoms with E-state index in [0.717, 1.165) is 38.4 Å². The fourth-order valence-corrected chi connectivity index (χ4v) is 3.07. The number of amides is 1. The molecule has 1 fully saturated rings. The molecule has 1 aromatic heterocycles. The first-order valence-corrected chi connectivity index (χ1v) is 8.97. The fraction of sp³-hybridized carbons (Fsp3) is 0.611. The highest BCUT2D eigenvalue weighted by Gasteiger charge is 2.30. The van der Waals surface area contributed by atoms with E-state index in [-0.39, 0.29) is 17.8 Å².